The van der Waals surface area contributed by atoms with Crippen LogP contribution in [0.5, 0.6) is 11.5 Å². The average Bonchev–Trinajstić information content (AvgIpc) is 2.62. The zero-order chi connectivity index (χ0) is 15.2. The smallest absolute Gasteiger partial charge is 0.132 e. The summed E-state index contributed by atoms with van der Waals surface area (Å²) in [6.45, 7) is 3.75. The predicted molar refractivity (Wildman–Crippen MR) is 90.9 cm³/mol. The molecule has 0 aromatic heterocycles. The number of hydrogen-bond acceptors (Lipinski definition) is 3. The highest BCUT2D eigenvalue weighted by Crippen LogP contribution is 2.43. The van der Waals surface area contributed by atoms with Crippen molar-refractivity contribution >= 4 is 0 Å². The van der Waals surface area contributed by atoms with E-state index in [-0.39, 0.29) is 6.04 Å². The molecule has 2 aromatic rings. The number of ether oxygens (including phenoxy) is 1. The quantitative estimate of drug-likeness (QED) is 0.918. The van der Waals surface area contributed by atoms with E-state index >= 15 is 0 Å². The van der Waals surface area contributed by atoms with Crippen LogP contribution in [0.3, 0.4) is 0 Å². The van der Waals surface area contributed by atoms with Crippen molar-refractivity contribution in [2.75, 3.05) is 19.6 Å². The molecule has 6 rings (SSSR count). The van der Waals surface area contributed by atoms with Gasteiger partial charge < -0.3 is 15.0 Å². The zero-order valence-electron chi connectivity index (χ0n) is 13.2. The fourth-order valence-corrected chi connectivity index (χ4v) is 4.46. The second-order valence-electron chi connectivity index (χ2n) is 7.02. The molecule has 4 heterocycles. The first-order valence-corrected chi connectivity index (χ1v) is 8.72. The molecule has 1 N–H and O–H groups in total. The first-order valence-electron chi connectivity index (χ1n) is 8.72. The van der Waals surface area contributed by atoms with Gasteiger partial charge in [0.15, 0.2) is 0 Å². The van der Waals surface area contributed by atoms with E-state index in [1.54, 1.807) is 0 Å². The minimum absolute atomic E-state index is 0.238. The highest BCUT2D eigenvalue weighted by atomic mass is 16.5. The van der Waals surface area contributed by atoms with Gasteiger partial charge in [0.1, 0.15) is 11.5 Å². The second-order valence-corrected chi connectivity index (χ2v) is 7.02. The molecular formula is C20H22N2O. The monoisotopic (exact) mass is 306 g/mol. The van der Waals surface area contributed by atoms with Crippen LogP contribution in [0, 0.1) is 5.92 Å². The van der Waals surface area contributed by atoms with Crippen molar-refractivity contribution in [3.05, 3.63) is 59.7 Å². The number of benzene rings is 2. The topological polar surface area (TPSA) is 24.5 Å². The summed E-state index contributed by atoms with van der Waals surface area (Å²) in [5.41, 5.74) is 2.53. The summed E-state index contributed by atoms with van der Waals surface area (Å²) < 4.78 is 6.11. The second kappa shape index (κ2) is 5.36. The van der Waals surface area contributed by atoms with Gasteiger partial charge in [0.2, 0.25) is 0 Å². The summed E-state index contributed by atoms with van der Waals surface area (Å²) in [4.78, 5) is 2.61. The van der Waals surface area contributed by atoms with Crippen LogP contribution in [0.2, 0.25) is 0 Å². The lowest BCUT2D eigenvalue weighted by Gasteiger charge is -2.46. The van der Waals surface area contributed by atoms with E-state index in [4.69, 9.17) is 4.74 Å². The highest BCUT2D eigenvalue weighted by Gasteiger charge is 2.37. The summed E-state index contributed by atoms with van der Waals surface area (Å²) in [6.07, 6.45) is 2.67. The van der Waals surface area contributed by atoms with Gasteiger partial charge in [-0.25, -0.2) is 0 Å². The molecule has 4 aliphatic rings. The van der Waals surface area contributed by atoms with Crippen LogP contribution < -0.4 is 10.1 Å². The SMILES string of the molecule is c1ccc2c(c1)Oc1ccccc1C2N[C@@H]1CN2CCC1CC2. The molecule has 3 fully saturated rings. The van der Waals surface area contributed by atoms with Crippen molar-refractivity contribution in [2.24, 2.45) is 5.92 Å². The molecule has 0 saturated carbocycles. The summed E-state index contributed by atoms with van der Waals surface area (Å²) in [5.74, 6) is 2.80. The normalized spacial score (nSPS) is 28.8. The van der Waals surface area contributed by atoms with E-state index in [1.807, 2.05) is 0 Å². The van der Waals surface area contributed by atoms with Crippen molar-refractivity contribution in [2.45, 2.75) is 24.9 Å². The maximum atomic E-state index is 6.11. The van der Waals surface area contributed by atoms with E-state index < -0.39 is 0 Å². The van der Waals surface area contributed by atoms with Gasteiger partial charge in [-0.05, 0) is 44.0 Å². The third-order valence-corrected chi connectivity index (χ3v) is 5.72. The average molecular weight is 306 g/mol. The van der Waals surface area contributed by atoms with Crippen molar-refractivity contribution in [3.8, 4) is 11.5 Å². The molecule has 2 bridgehead atoms. The van der Waals surface area contributed by atoms with Crippen LogP contribution in [0.4, 0.5) is 0 Å². The van der Waals surface area contributed by atoms with Gasteiger partial charge in [0.05, 0.1) is 6.04 Å². The lowest BCUT2D eigenvalue weighted by Crippen LogP contribution is -2.56. The predicted octanol–water partition coefficient (Wildman–Crippen LogP) is 3.57. The zero-order valence-corrected chi connectivity index (χ0v) is 13.2. The molecule has 3 saturated heterocycles. The molecule has 0 radical (unpaired) electrons. The van der Waals surface area contributed by atoms with Gasteiger partial charge in [-0.3, -0.25) is 0 Å². The first-order chi connectivity index (χ1) is 11.4. The van der Waals surface area contributed by atoms with Gasteiger partial charge in [0.25, 0.3) is 0 Å². The summed E-state index contributed by atoms with van der Waals surface area (Å²) in [6, 6.07) is 17.7. The Morgan fingerprint density at radius 2 is 1.48 bits per heavy atom. The fourth-order valence-electron chi connectivity index (χ4n) is 4.46. The Hall–Kier alpha value is -1.84. The first kappa shape index (κ1) is 13.6. The van der Waals surface area contributed by atoms with E-state index in [1.165, 1.54) is 43.6 Å². The molecule has 23 heavy (non-hydrogen) atoms. The molecule has 0 unspecified atom stereocenters. The number of piperidine rings is 3. The summed E-state index contributed by atoms with van der Waals surface area (Å²) in [7, 11) is 0. The molecule has 118 valence electrons. The van der Waals surface area contributed by atoms with E-state index in [0.717, 1.165) is 17.4 Å². The minimum atomic E-state index is 0.238. The van der Waals surface area contributed by atoms with Crippen LogP contribution in [-0.2, 0) is 0 Å². The largest absolute Gasteiger partial charge is 0.457 e. The van der Waals surface area contributed by atoms with Gasteiger partial charge in [-0.1, -0.05) is 36.4 Å². The third-order valence-electron chi connectivity index (χ3n) is 5.72. The Labute approximate surface area is 137 Å². The van der Waals surface area contributed by atoms with Gasteiger partial charge >= 0.3 is 0 Å². The van der Waals surface area contributed by atoms with Crippen molar-refractivity contribution in [1.29, 1.82) is 0 Å². The number of fused-ring (bicyclic) bond motifs is 5. The van der Waals surface area contributed by atoms with Gasteiger partial charge in [-0.2, -0.15) is 0 Å². The van der Waals surface area contributed by atoms with Crippen molar-refractivity contribution < 1.29 is 4.74 Å². The highest BCUT2D eigenvalue weighted by molar-refractivity contribution is 5.53. The maximum Gasteiger partial charge on any atom is 0.132 e. The van der Waals surface area contributed by atoms with Crippen LogP contribution in [0.15, 0.2) is 48.5 Å². The Bertz CT molecular complexity index is 676. The van der Waals surface area contributed by atoms with Crippen molar-refractivity contribution in [3.63, 3.8) is 0 Å². The lowest BCUT2D eigenvalue weighted by atomic mass is 9.82. The Balaban J connectivity index is 1.52. The number of para-hydroxylation sites is 2. The third kappa shape index (κ3) is 2.27. The van der Waals surface area contributed by atoms with E-state index in [2.05, 4.69) is 58.7 Å². The van der Waals surface area contributed by atoms with Crippen LogP contribution >= 0.6 is 0 Å². The maximum absolute atomic E-state index is 6.11. The van der Waals surface area contributed by atoms with Gasteiger partial charge in [-0.15, -0.1) is 0 Å². The molecule has 3 nitrogen and oxygen atoms in total. The van der Waals surface area contributed by atoms with Crippen LogP contribution in [0.1, 0.15) is 30.0 Å². The number of hydrogen-bond donors (Lipinski definition) is 1. The molecule has 0 aliphatic carbocycles. The number of rotatable bonds is 2. The fraction of sp³-hybridized carbons (Fsp3) is 0.400. The molecule has 4 aliphatic heterocycles. The number of nitrogens with one attached hydrogen (secondary N) is 1. The van der Waals surface area contributed by atoms with E-state index in [9.17, 15) is 0 Å². The minimum Gasteiger partial charge on any atom is -0.457 e. The van der Waals surface area contributed by atoms with Crippen molar-refractivity contribution in [1.82, 2.24) is 10.2 Å². The Kier molecular flexibility index (Phi) is 3.17. The molecular weight excluding hydrogens is 284 g/mol. The molecule has 0 amide bonds. The molecule has 1 atom stereocenters. The lowest BCUT2D eigenvalue weighted by molar-refractivity contribution is 0.0686. The molecule has 3 heteroatoms. The Morgan fingerprint density at radius 3 is 2.04 bits per heavy atom. The molecule has 2 aromatic carbocycles. The van der Waals surface area contributed by atoms with E-state index in [0.29, 0.717) is 6.04 Å². The van der Waals surface area contributed by atoms with Gasteiger partial charge in [0, 0.05) is 23.7 Å². The van der Waals surface area contributed by atoms with Crippen LogP contribution in [0.25, 0.3) is 0 Å². The standard InChI is InChI=1S/C20H22N2O/c1-3-7-18-15(5-1)20(16-6-2-4-8-19(16)23-18)21-17-13-22-11-9-14(17)10-12-22/h1-8,14,17,20-21H,9-13H2/t17-/m1/s1. The summed E-state index contributed by atoms with van der Waals surface area (Å²) in [5, 5.41) is 3.98. The summed E-state index contributed by atoms with van der Waals surface area (Å²) >= 11 is 0. The van der Waals surface area contributed by atoms with Crippen LogP contribution in [-0.4, -0.2) is 30.6 Å². The Morgan fingerprint density at radius 1 is 0.870 bits per heavy atom. The number of nitrogens with zero attached hydrogens (tertiary/aromatic N) is 1. The molecule has 0 spiro atoms.